The van der Waals surface area contributed by atoms with Gasteiger partial charge in [-0.05, 0) is 69.9 Å². The number of likely N-dealkylation sites (tertiary alicyclic amines) is 1. The van der Waals surface area contributed by atoms with E-state index in [2.05, 4.69) is 44.9 Å². The normalized spacial score (nSPS) is 22.4. The van der Waals surface area contributed by atoms with Gasteiger partial charge in [0.1, 0.15) is 0 Å². The van der Waals surface area contributed by atoms with Crippen LogP contribution in [0.4, 0.5) is 0 Å². The van der Waals surface area contributed by atoms with E-state index in [-0.39, 0.29) is 0 Å². The van der Waals surface area contributed by atoms with Crippen molar-refractivity contribution < 1.29 is 0 Å². The lowest BCUT2D eigenvalue weighted by atomic mass is 9.80. The monoisotopic (exact) mass is 246 g/mol. The van der Waals surface area contributed by atoms with Crippen LogP contribution in [0, 0.1) is 26.7 Å². The van der Waals surface area contributed by atoms with E-state index in [4.69, 9.17) is 5.73 Å². The minimum atomic E-state index is 0.524. The minimum Gasteiger partial charge on any atom is -0.330 e. The third-order valence-electron chi connectivity index (χ3n) is 4.36. The quantitative estimate of drug-likeness (QED) is 0.888. The Labute approximate surface area is 111 Å². The fourth-order valence-corrected chi connectivity index (χ4v) is 3.62. The maximum Gasteiger partial charge on any atom is 0.00134 e. The number of nitrogens with zero attached hydrogens (tertiary/aromatic N) is 1. The topological polar surface area (TPSA) is 29.3 Å². The molecule has 0 aliphatic carbocycles. The average Bonchev–Trinajstić information content (AvgIpc) is 2.69. The van der Waals surface area contributed by atoms with Gasteiger partial charge in [-0.25, -0.2) is 0 Å². The number of nitrogens with two attached hydrogens (primary N) is 1. The molecule has 1 fully saturated rings. The molecule has 0 bridgehead atoms. The van der Waals surface area contributed by atoms with Crippen LogP contribution in [-0.4, -0.2) is 31.6 Å². The molecule has 1 aliphatic rings. The second kappa shape index (κ2) is 5.41. The molecular formula is C16H26N2. The second-order valence-corrected chi connectivity index (χ2v) is 5.97. The Bertz CT molecular complexity index is 402. The molecule has 2 N–H and O–H groups in total. The number of hydrogen-bond donors (Lipinski definition) is 1. The molecule has 2 atom stereocenters. The predicted octanol–water partition coefficient (Wildman–Crippen LogP) is 2.61. The van der Waals surface area contributed by atoms with Crippen LogP contribution in [0.15, 0.2) is 12.1 Å². The molecule has 2 heteroatoms. The van der Waals surface area contributed by atoms with Crippen molar-refractivity contribution in [3.63, 3.8) is 0 Å². The van der Waals surface area contributed by atoms with Gasteiger partial charge in [-0.1, -0.05) is 17.7 Å². The van der Waals surface area contributed by atoms with E-state index in [1.807, 2.05) is 0 Å². The van der Waals surface area contributed by atoms with E-state index in [1.165, 1.54) is 41.8 Å². The summed E-state index contributed by atoms with van der Waals surface area (Å²) in [6, 6.07) is 4.59. The van der Waals surface area contributed by atoms with E-state index in [1.54, 1.807) is 0 Å². The van der Waals surface area contributed by atoms with Gasteiger partial charge in [0.25, 0.3) is 0 Å². The zero-order valence-electron chi connectivity index (χ0n) is 12.2. The predicted molar refractivity (Wildman–Crippen MR) is 78.1 cm³/mol. The van der Waals surface area contributed by atoms with E-state index < -0.39 is 0 Å². The lowest BCUT2D eigenvalue weighted by Gasteiger charge is -2.26. The lowest BCUT2D eigenvalue weighted by molar-refractivity contribution is 0.371. The zero-order chi connectivity index (χ0) is 13.3. The molecule has 0 amide bonds. The molecular weight excluding hydrogens is 220 g/mol. The molecule has 0 saturated carbocycles. The number of hydrogen-bond acceptors (Lipinski definition) is 2. The van der Waals surface area contributed by atoms with Crippen molar-refractivity contribution in [2.24, 2.45) is 11.7 Å². The molecule has 100 valence electrons. The first kappa shape index (κ1) is 13.6. The summed E-state index contributed by atoms with van der Waals surface area (Å²) in [7, 11) is 2.21. The highest BCUT2D eigenvalue weighted by atomic mass is 15.1. The standard InChI is InChI=1S/C16H26N2/c1-11-7-12(2)16(13(3)8-11)15(9-17)14-5-6-18(4)10-14/h7-8,14-15H,5-6,9-10,17H2,1-4H3. The van der Waals surface area contributed by atoms with Crippen LogP contribution in [0.2, 0.25) is 0 Å². The molecule has 2 rings (SSSR count). The van der Waals surface area contributed by atoms with Crippen molar-refractivity contribution in [2.75, 3.05) is 26.7 Å². The van der Waals surface area contributed by atoms with E-state index in [0.717, 1.165) is 12.5 Å². The van der Waals surface area contributed by atoms with Gasteiger partial charge in [0.2, 0.25) is 0 Å². The first-order valence-electron chi connectivity index (χ1n) is 6.99. The molecule has 0 aromatic heterocycles. The van der Waals surface area contributed by atoms with Crippen LogP contribution < -0.4 is 5.73 Å². The van der Waals surface area contributed by atoms with Gasteiger partial charge in [-0.2, -0.15) is 0 Å². The Morgan fingerprint density at radius 3 is 2.33 bits per heavy atom. The number of rotatable bonds is 3. The molecule has 2 unspecified atom stereocenters. The summed E-state index contributed by atoms with van der Waals surface area (Å²) in [4.78, 5) is 2.42. The van der Waals surface area contributed by atoms with E-state index >= 15 is 0 Å². The van der Waals surface area contributed by atoms with Crippen molar-refractivity contribution in [2.45, 2.75) is 33.1 Å². The summed E-state index contributed by atoms with van der Waals surface area (Å²) >= 11 is 0. The van der Waals surface area contributed by atoms with E-state index in [0.29, 0.717) is 5.92 Å². The average molecular weight is 246 g/mol. The molecule has 18 heavy (non-hydrogen) atoms. The van der Waals surface area contributed by atoms with Crippen LogP contribution in [-0.2, 0) is 0 Å². The summed E-state index contributed by atoms with van der Waals surface area (Å²) < 4.78 is 0. The molecule has 2 nitrogen and oxygen atoms in total. The largest absolute Gasteiger partial charge is 0.330 e. The van der Waals surface area contributed by atoms with Gasteiger partial charge in [-0.15, -0.1) is 0 Å². The Kier molecular flexibility index (Phi) is 4.08. The summed E-state index contributed by atoms with van der Waals surface area (Å²) in [5.41, 5.74) is 11.8. The fraction of sp³-hybridized carbons (Fsp3) is 0.625. The summed E-state index contributed by atoms with van der Waals surface area (Å²) in [5, 5.41) is 0. The second-order valence-electron chi connectivity index (χ2n) is 5.97. The van der Waals surface area contributed by atoms with Crippen LogP contribution in [0.5, 0.6) is 0 Å². The molecule has 1 aliphatic heterocycles. The van der Waals surface area contributed by atoms with Gasteiger partial charge in [0.05, 0.1) is 0 Å². The van der Waals surface area contributed by atoms with Crippen LogP contribution >= 0.6 is 0 Å². The summed E-state index contributed by atoms with van der Waals surface area (Å²) in [5.74, 6) is 1.25. The first-order valence-corrected chi connectivity index (χ1v) is 6.99. The van der Waals surface area contributed by atoms with Crippen molar-refractivity contribution >= 4 is 0 Å². The Morgan fingerprint density at radius 2 is 1.89 bits per heavy atom. The third kappa shape index (κ3) is 2.60. The lowest BCUT2D eigenvalue weighted by Crippen LogP contribution is -2.25. The van der Waals surface area contributed by atoms with Crippen molar-refractivity contribution in [3.05, 3.63) is 34.4 Å². The minimum absolute atomic E-state index is 0.524. The highest BCUT2D eigenvalue weighted by Gasteiger charge is 2.29. The highest BCUT2D eigenvalue weighted by Crippen LogP contribution is 2.34. The maximum atomic E-state index is 6.09. The molecule has 1 aromatic carbocycles. The fourth-order valence-electron chi connectivity index (χ4n) is 3.62. The maximum absolute atomic E-state index is 6.09. The summed E-state index contributed by atoms with van der Waals surface area (Å²) in [6.45, 7) is 9.81. The molecule has 1 aromatic rings. The van der Waals surface area contributed by atoms with Gasteiger partial charge in [-0.3, -0.25) is 0 Å². The zero-order valence-corrected chi connectivity index (χ0v) is 12.2. The molecule has 0 radical (unpaired) electrons. The van der Waals surface area contributed by atoms with Crippen molar-refractivity contribution in [1.29, 1.82) is 0 Å². The van der Waals surface area contributed by atoms with Gasteiger partial charge in [0.15, 0.2) is 0 Å². The van der Waals surface area contributed by atoms with Crippen LogP contribution in [0.1, 0.15) is 34.6 Å². The van der Waals surface area contributed by atoms with Crippen molar-refractivity contribution in [1.82, 2.24) is 4.90 Å². The number of benzene rings is 1. The number of aryl methyl sites for hydroxylation is 3. The molecule has 1 heterocycles. The Balaban J connectivity index is 2.33. The highest BCUT2D eigenvalue weighted by molar-refractivity contribution is 5.40. The van der Waals surface area contributed by atoms with Crippen LogP contribution in [0.25, 0.3) is 0 Å². The van der Waals surface area contributed by atoms with Crippen LogP contribution in [0.3, 0.4) is 0 Å². The van der Waals surface area contributed by atoms with Crippen molar-refractivity contribution in [3.8, 4) is 0 Å². The molecule has 0 spiro atoms. The van der Waals surface area contributed by atoms with E-state index in [9.17, 15) is 0 Å². The first-order chi connectivity index (χ1) is 8.52. The third-order valence-corrected chi connectivity index (χ3v) is 4.36. The van der Waals surface area contributed by atoms with Gasteiger partial charge >= 0.3 is 0 Å². The van der Waals surface area contributed by atoms with Gasteiger partial charge < -0.3 is 10.6 Å². The smallest absolute Gasteiger partial charge is 0.00134 e. The molecule has 1 saturated heterocycles. The van der Waals surface area contributed by atoms with Gasteiger partial charge in [0, 0.05) is 12.5 Å². The SMILES string of the molecule is Cc1cc(C)c(C(CN)C2CCN(C)C2)c(C)c1. The summed E-state index contributed by atoms with van der Waals surface area (Å²) in [6.07, 6.45) is 1.28. The Hall–Kier alpha value is -0.860. The Morgan fingerprint density at radius 1 is 1.28 bits per heavy atom.